The van der Waals surface area contributed by atoms with Gasteiger partial charge in [0, 0.05) is 12.7 Å². The van der Waals surface area contributed by atoms with E-state index in [4.69, 9.17) is 4.52 Å². The molecule has 6 nitrogen and oxygen atoms in total. The summed E-state index contributed by atoms with van der Waals surface area (Å²) in [6.45, 7) is 1.68. The zero-order valence-electron chi connectivity index (χ0n) is 9.52. The summed E-state index contributed by atoms with van der Waals surface area (Å²) < 4.78 is 4.82. The number of anilines is 2. The molecule has 1 aromatic carbocycles. The van der Waals surface area contributed by atoms with Crippen LogP contribution in [0.15, 0.2) is 28.8 Å². The number of hydrogen-bond donors (Lipinski definition) is 2. The quantitative estimate of drug-likeness (QED) is 0.841. The highest BCUT2D eigenvalue weighted by molar-refractivity contribution is 6.07. The molecule has 2 aromatic rings. The van der Waals surface area contributed by atoms with Crippen molar-refractivity contribution in [3.8, 4) is 0 Å². The molecule has 17 heavy (non-hydrogen) atoms. The molecular formula is C11H12N4O2. The fraction of sp³-hybridized carbons (Fsp3) is 0.182. The minimum Gasteiger partial charge on any atom is -0.387 e. The molecule has 0 bridgehead atoms. The van der Waals surface area contributed by atoms with Crippen LogP contribution >= 0.6 is 0 Å². The molecular weight excluding hydrogens is 220 g/mol. The topological polar surface area (TPSA) is 80.0 Å². The summed E-state index contributed by atoms with van der Waals surface area (Å²) in [6, 6.07) is 7.26. The number of carbonyl (C=O) groups excluding carboxylic acids is 1. The van der Waals surface area contributed by atoms with Gasteiger partial charge in [0.05, 0.1) is 5.56 Å². The number of nitrogens with zero attached hydrogens (tertiary/aromatic N) is 2. The Hall–Kier alpha value is -2.37. The molecule has 0 aliphatic carbocycles. The number of hydrogen-bond acceptors (Lipinski definition) is 5. The molecule has 88 valence electrons. The number of rotatable bonds is 3. The SMILES string of the molecule is CNc1ccccc1C(=O)Nc1nc(C)no1. The maximum absolute atomic E-state index is 11.9. The van der Waals surface area contributed by atoms with Crippen molar-refractivity contribution < 1.29 is 9.32 Å². The van der Waals surface area contributed by atoms with Crippen LogP contribution < -0.4 is 10.6 Å². The second-order valence-electron chi connectivity index (χ2n) is 3.40. The van der Waals surface area contributed by atoms with Crippen molar-refractivity contribution in [1.29, 1.82) is 0 Å². The van der Waals surface area contributed by atoms with E-state index in [-0.39, 0.29) is 11.9 Å². The average Bonchev–Trinajstić information content (AvgIpc) is 2.74. The Balaban J connectivity index is 2.20. The Bertz CT molecular complexity index is 536. The number of benzene rings is 1. The van der Waals surface area contributed by atoms with Crippen molar-refractivity contribution in [3.63, 3.8) is 0 Å². The smallest absolute Gasteiger partial charge is 0.328 e. The van der Waals surface area contributed by atoms with Gasteiger partial charge in [0.2, 0.25) is 0 Å². The van der Waals surface area contributed by atoms with E-state index in [2.05, 4.69) is 20.8 Å². The lowest BCUT2D eigenvalue weighted by molar-refractivity contribution is 0.102. The maximum atomic E-state index is 11.9. The lowest BCUT2D eigenvalue weighted by Crippen LogP contribution is -2.14. The summed E-state index contributed by atoms with van der Waals surface area (Å²) >= 11 is 0. The molecule has 0 saturated carbocycles. The molecule has 0 aliphatic rings. The van der Waals surface area contributed by atoms with E-state index in [9.17, 15) is 4.79 Å². The van der Waals surface area contributed by atoms with Gasteiger partial charge in [-0.3, -0.25) is 10.1 Å². The Morgan fingerprint density at radius 2 is 2.12 bits per heavy atom. The first-order chi connectivity index (χ1) is 8.20. The van der Waals surface area contributed by atoms with Gasteiger partial charge < -0.3 is 9.84 Å². The standard InChI is InChI=1S/C11H12N4O2/c1-7-13-11(17-15-7)14-10(16)8-5-3-4-6-9(8)12-2/h3-6,12H,1-2H3,(H,13,14,15,16). The van der Waals surface area contributed by atoms with Gasteiger partial charge in [-0.15, -0.1) is 0 Å². The fourth-order valence-corrected chi connectivity index (χ4v) is 1.41. The number of aromatic nitrogens is 2. The van der Waals surface area contributed by atoms with Gasteiger partial charge in [0.1, 0.15) is 0 Å². The third kappa shape index (κ3) is 2.41. The third-order valence-corrected chi connectivity index (χ3v) is 2.19. The normalized spacial score (nSPS) is 10.0. The van der Waals surface area contributed by atoms with Crippen LogP contribution in [-0.2, 0) is 0 Å². The van der Waals surface area contributed by atoms with Crippen LogP contribution in [0.1, 0.15) is 16.2 Å². The summed E-state index contributed by atoms with van der Waals surface area (Å²) in [6.07, 6.45) is 0. The fourth-order valence-electron chi connectivity index (χ4n) is 1.41. The van der Waals surface area contributed by atoms with Crippen LogP contribution in [0.5, 0.6) is 0 Å². The van der Waals surface area contributed by atoms with Gasteiger partial charge in [-0.25, -0.2) is 0 Å². The van der Waals surface area contributed by atoms with E-state index in [1.165, 1.54) is 0 Å². The minimum atomic E-state index is -0.293. The van der Waals surface area contributed by atoms with E-state index >= 15 is 0 Å². The van der Waals surface area contributed by atoms with Crippen LogP contribution in [-0.4, -0.2) is 23.1 Å². The van der Waals surface area contributed by atoms with Crippen LogP contribution in [0.4, 0.5) is 11.7 Å². The summed E-state index contributed by atoms with van der Waals surface area (Å²) in [4.78, 5) is 15.8. The molecule has 2 N–H and O–H groups in total. The van der Waals surface area contributed by atoms with Gasteiger partial charge >= 0.3 is 6.01 Å². The third-order valence-electron chi connectivity index (χ3n) is 2.19. The predicted octanol–water partition coefficient (Wildman–Crippen LogP) is 1.67. The Labute approximate surface area is 98.0 Å². The molecule has 6 heteroatoms. The summed E-state index contributed by atoms with van der Waals surface area (Å²) in [7, 11) is 1.75. The highest BCUT2D eigenvalue weighted by Gasteiger charge is 2.13. The van der Waals surface area contributed by atoms with Crippen molar-refractivity contribution >= 4 is 17.6 Å². The van der Waals surface area contributed by atoms with E-state index in [0.29, 0.717) is 11.4 Å². The first-order valence-electron chi connectivity index (χ1n) is 5.09. The number of amides is 1. The number of nitrogens with one attached hydrogen (secondary N) is 2. The molecule has 1 amide bonds. The van der Waals surface area contributed by atoms with Crippen molar-refractivity contribution in [2.24, 2.45) is 0 Å². The maximum Gasteiger partial charge on any atom is 0.328 e. The molecule has 0 radical (unpaired) electrons. The lowest BCUT2D eigenvalue weighted by atomic mass is 10.1. The Morgan fingerprint density at radius 1 is 1.35 bits per heavy atom. The molecule has 0 aliphatic heterocycles. The lowest BCUT2D eigenvalue weighted by Gasteiger charge is -2.06. The molecule has 0 spiro atoms. The Kier molecular flexibility index (Phi) is 3.04. The van der Waals surface area contributed by atoms with E-state index in [1.807, 2.05) is 12.1 Å². The van der Waals surface area contributed by atoms with Crippen LogP contribution in [0, 0.1) is 6.92 Å². The van der Waals surface area contributed by atoms with Crippen molar-refractivity contribution in [2.75, 3.05) is 17.7 Å². The summed E-state index contributed by atoms with van der Waals surface area (Å²) in [5, 5.41) is 9.06. The molecule has 1 aromatic heterocycles. The van der Waals surface area contributed by atoms with Crippen molar-refractivity contribution in [2.45, 2.75) is 6.92 Å². The van der Waals surface area contributed by atoms with Gasteiger partial charge in [0.15, 0.2) is 5.82 Å². The molecule has 1 heterocycles. The predicted molar refractivity (Wildman–Crippen MR) is 63.0 cm³/mol. The van der Waals surface area contributed by atoms with Gasteiger partial charge in [-0.1, -0.05) is 17.3 Å². The largest absolute Gasteiger partial charge is 0.387 e. The van der Waals surface area contributed by atoms with E-state index < -0.39 is 0 Å². The van der Waals surface area contributed by atoms with Gasteiger partial charge in [0.25, 0.3) is 5.91 Å². The monoisotopic (exact) mass is 232 g/mol. The molecule has 0 saturated heterocycles. The molecule has 0 unspecified atom stereocenters. The Morgan fingerprint density at radius 3 is 2.76 bits per heavy atom. The zero-order valence-corrected chi connectivity index (χ0v) is 9.52. The summed E-state index contributed by atoms with van der Waals surface area (Å²) in [5.41, 5.74) is 1.26. The van der Waals surface area contributed by atoms with Gasteiger partial charge in [-0.05, 0) is 19.1 Å². The molecule has 0 fully saturated rings. The van der Waals surface area contributed by atoms with Crippen LogP contribution in [0.3, 0.4) is 0 Å². The first-order valence-corrected chi connectivity index (χ1v) is 5.09. The zero-order chi connectivity index (χ0) is 12.3. The second-order valence-corrected chi connectivity index (χ2v) is 3.40. The minimum absolute atomic E-state index is 0.0957. The summed E-state index contributed by atoms with van der Waals surface area (Å²) in [5.74, 6) is 0.181. The van der Waals surface area contributed by atoms with E-state index in [0.717, 1.165) is 5.69 Å². The van der Waals surface area contributed by atoms with Crippen LogP contribution in [0.2, 0.25) is 0 Å². The van der Waals surface area contributed by atoms with Crippen molar-refractivity contribution in [1.82, 2.24) is 10.1 Å². The van der Waals surface area contributed by atoms with Crippen molar-refractivity contribution in [3.05, 3.63) is 35.7 Å². The highest BCUT2D eigenvalue weighted by atomic mass is 16.5. The second kappa shape index (κ2) is 4.65. The van der Waals surface area contributed by atoms with E-state index in [1.54, 1.807) is 26.1 Å². The number of aryl methyl sites for hydroxylation is 1. The van der Waals surface area contributed by atoms with Crippen LogP contribution in [0.25, 0.3) is 0 Å². The average molecular weight is 232 g/mol. The molecule has 2 rings (SSSR count). The first kappa shape index (κ1) is 11.1. The highest BCUT2D eigenvalue weighted by Crippen LogP contribution is 2.15. The van der Waals surface area contributed by atoms with Gasteiger partial charge in [-0.2, -0.15) is 4.98 Å². The molecule has 0 atom stereocenters. The number of para-hydroxylation sites is 1. The number of carbonyl (C=O) groups is 1.